The van der Waals surface area contributed by atoms with E-state index in [0.717, 1.165) is 12.3 Å². The summed E-state index contributed by atoms with van der Waals surface area (Å²) in [7, 11) is 0. The van der Waals surface area contributed by atoms with Gasteiger partial charge in [0, 0.05) is 6.20 Å². The zero-order chi connectivity index (χ0) is 11.9. The number of halogens is 5. The monoisotopic (exact) mass is 268 g/mol. The highest BCUT2D eigenvalue weighted by molar-refractivity contribution is 7.59. The van der Waals surface area contributed by atoms with Crippen LogP contribution in [0.1, 0.15) is 0 Å². The second kappa shape index (κ2) is 4.74. The quantitative estimate of drug-likeness (QED) is 0.481. The van der Waals surface area contributed by atoms with Crippen molar-refractivity contribution in [2.45, 2.75) is 0 Å². The average molecular weight is 268 g/mol. The molecular weight excluding hydrogens is 263 g/mol. The van der Waals surface area contributed by atoms with Crippen molar-refractivity contribution in [2.75, 3.05) is 0 Å². The number of hydrogen-bond donors (Lipinski definition) is 1. The molecule has 0 saturated carbocycles. The molecule has 8 heteroatoms. The number of aromatic amines is 1. The topological polar surface area (TPSA) is 28.7 Å². The van der Waals surface area contributed by atoms with E-state index in [4.69, 9.17) is 0 Å². The molecule has 0 amide bonds. The van der Waals surface area contributed by atoms with Crippen LogP contribution in [0.4, 0.5) is 22.0 Å². The summed E-state index contributed by atoms with van der Waals surface area (Å²) >= 11 is 0. The minimum atomic E-state index is -2.18. The van der Waals surface area contributed by atoms with Crippen LogP contribution in [0.5, 0.6) is 0 Å². The minimum absolute atomic E-state index is 0. The summed E-state index contributed by atoms with van der Waals surface area (Å²) in [5.41, 5.74) is -1.30. The minimum Gasteiger partial charge on any atom is -0.278 e. The van der Waals surface area contributed by atoms with Gasteiger partial charge in [-0.25, -0.2) is 22.0 Å². The third-order valence-corrected chi connectivity index (χ3v) is 1.98. The van der Waals surface area contributed by atoms with Crippen molar-refractivity contribution in [3.05, 3.63) is 41.3 Å². The molecule has 0 bridgehead atoms. The molecule has 0 aliphatic carbocycles. The molecular formula is C9H5F5N2S. The molecule has 0 spiro atoms. The molecule has 0 unspecified atom stereocenters. The number of nitrogens with zero attached hydrogens (tertiary/aromatic N) is 1. The number of hydrogen-bond acceptors (Lipinski definition) is 1. The largest absolute Gasteiger partial charge is 0.278 e. The molecule has 1 heterocycles. The van der Waals surface area contributed by atoms with Crippen LogP contribution in [0.25, 0.3) is 11.3 Å². The van der Waals surface area contributed by atoms with E-state index in [9.17, 15) is 22.0 Å². The van der Waals surface area contributed by atoms with Gasteiger partial charge in [0.1, 0.15) is 0 Å². The van der Waals surface area contributed by atoms with Crippen LogP contribution in [0.3, 0.4) is 0 Å². The smallest absolute Gasteiger partial charge is 0.200 e. The van der Waals surface area contributed by atoms with Crippen LogP contribution in [-0.4, -0.2) is 10.2 Å². The van der Waals surface area contributed by atoms with Crippen molar-refractivity contribution < 1.29 is 22.0 Å². The fourth-order valence-electron chi connectivity index (χ4n) is 1.24. The van der Waals surface area contributed by atoms with Gasteiger partial charge in [0.25, 0.3) is 0 Å². The summed E-state index contributed by atoms with van der Waals surface area (Å²) in [6, 6.07) is 1.10. The van der Waals surface area contributed by atoms with Crippen molar-refractivity contribution in [1.82, 2.24) is 10.2 Å². The molecule has 92 valence electrons. The van der Waals surface area contributed by atoms with Gasteiger partial charge in [-0.2, -0.15) is 18.6 Å². The van der Waals surface area contributed by atoms with E-state index in [0.29, 0.717) is 0 Å². The van der Waals surface area contributed by atoms with E-state index in [1.165, 1.54) is 0 Å². The van der Waals surface area contributed by atoms with Gasteiger partial charge in [-0.15, -0.1) is 0 Å². The first-order valence-corrected chi connectivity index (χ1v) is 4.05. The van der Waals surface area contributed by atoms with Gasteiger partial charge in [-0.1, -0.05) is 0 Å². The summed E-state index contributed by atoms with van der Waals surface area (Å²) in [4.78, 5) is 0. The van der Waals surface area contributed by atoms with Crippen LogP contribution >= 0.6 is 13.5 Å². The summed E-state index contributed by atoms with van der Waals surface area (Å²) in [6.07, 6.45) is 1.13. The third-order valence-electron chi connectivity index (χ3n) is 1.98. The Morgan fingerprint density at radius 1 is 0.824 bits per heavy atom. The second-order valence-corrected chi connectivity index (χ2v) is 2.92. The lowest BCUT2D eigenvalue weighted by atomic mass is 10.1. The maximum absolute atomic E-state index is 13.2. The zero-order valence-electron chi connectivity index (χ0n) is 7.99. The van der Waals surface area contributed by atoms with Crippen LogP contribution in [0.15, 0.2) is 12.3 Å². The lowest BCUT2D eigenvalue weighted by molar-refractivity contribution is 0.381. The Bertz CT molecular complexity index is 512. The van der Waals surface area contributed by atoms with Gasteiger partial charge in [-0.3, -0.25) is 5.10 Å². The molecule has 1 aromatic heterocycles. The van der Waals surface area contributed by atoms with Crippen molar-refractivity contribution in [2.24, 2.45) is 0 Å². The molecule has 0 radical (unpaired) electrons. The summed E-state index contributed by atoms with van der Waals surface area (Å²) in [6.45, 7) is 0. The Balaban J connectivity index is 0.00000144. The SMILES string of the molecule is Fc1c(F)c(F)c(-c2ccn[nH]2)c(F)c1F.S. The molecule has 1 aromatic carbocycles. The molecule has 2 nitrogen and oxygen atoms in total. The highest BCUT2D eigenvalue weighted by atomic mass is 32.1. The van der Waals surface area contributed by atoms with Crippen molar-refractivity contribution in [1.29, 1.82) is 0 Å². The predicted molar refractivity (Wildman–Crippen MR) is 54.2 cm³/mol. The van der Waals surface area contributed by atoms with Crippen LogP contribution in [0.2, 0.25) is 0 Å². The van der Waals surface area contributed by atoms with E-state index < -0.39 is 34.6 Å². The normalized spacial score (nSPS) is 10.2. The molecule has 17 heavy (non-hydrogen) atoms. The van der Waals surface area contributed by atoms with Gasteiger partial charge in [0.15, 0.2) is 23.3 Å². The van der Waals surface area contributed by atoms with Crippen molar-refractivity contribution >= 4 is 13.5 Å². The Morgan fingerprint density at radius 3 is 1.71 bits per heavy atom. The number of aromatic nitrogens is 2. The first-order valence-electron chi connectivity index (χ1n) is 4.05. The molecule has 2 aromatic rings. The molecule has 1 N–H and O–H groups in total. The first kappa shape index (κ1) is 13.5. The van der Waals surface area contributed by atoms with E-state index in [-0.39, 0.29) is 19.2 Å². The standard InChI is InChI=1S/C9H3F5N2.H2S/c10-5-4(3-1-2-15-16-3)6(11)8(13)9(14)7(5)12;/h1-2H,(H,15,16);1H2. The summed E-state index contributed by atoms with van der Waals surface area (Å²) in [5, 5.41) is 5.49. The Morgan fingerprint density at radius 2 is 1.29 bits per heavy atom. The molecule has 0 atom stereocenters. The van der Waals surface area contributed by atoms with Crippen LogP contribution < -0.4 is 0 Å². The molecule has 0 fully saturated rings. The van der Waals surface area contributed by atoms with Crippen molar-refractivity contribution in [3.63, 3.8) is 0 Å². The third kappa shape index (κ3) is 1.99. The fourth-order valence-corrected chi connectivity index (χ4v) is 1.24. The highest BCUT2D eigenvalue weighted by Crippen LogP contribution is 2.29. The number of rotatable bonds is 1. The summed E-state index contributed by atoms with van der Waals surface area (Å²) in [5.74, 6) is -9.92. The van der Waals surface area contributed by atoms with E-state index in [1.54, 1.807) is 0 Å². The van der Waals surface area contributed by atoms with Gasteiger partial charge in [0.05, 0.1) is 11.3 Å². The molecule has 0 aliphatic heterocycles. The van der Waals surface area contributed by atoms with E-state index in [2.05, 4.69) is 10.2 Å². The number of benzene rings is 1. The van der Waals surface area contributed by atoms with Gasteiger partial charge < -0.3 is 0 Å². The van der Waals surface area contributed by atoms with Crippen LogP contribution in [0, 0.1) is 29.1 Å². The van der Waals surface area contributed by atoms with E-state index >= 15 is 0 Å². The fraction of sp³-hybridized carbons (Fsp3) is 0. The van der Waals surface area contributed by atoms with Crippen molar-refractivity contribution in [3.8, 4) is 11.3 Å². The lowest BCUT2D eigenvalue weighted by Gasteiger charge is -2.05. The van der Waals surface area contributed by atoms with E-state index in [1.807, 2.05) is 0 Å². The number of H-pyrrole nitrogens is 1. The van der Waals surface area contributed by atoms with Gasteiger partial charge in [-0.05, 0) is 6.07 Å². The second-order valence-electron chi connectivity index (χ2n) is 2.92. The first-order chi connectivity index (χ1) is 7.54. The summed E-state index contributed by atoms with van der Waals surface area (Å²) < 4.78 is 64.7. The number of nitrogens with one attached hydrogen (secondary N) is 1. The Kier molecular flexibility index (Phi) is 3.76. The molecule has 2 rings (SSSR count). The Labute approximate surface area is 98.9 Å². The van der Waals surface area contributed by atoms with Gasteiger partial charge in [0.2, 0.25) is 5.82 Å². The predicted octanol–water partition coefficient (Wildman–Crippen LogP) is 2.88. The maximum Gasteiger partial charge on any atom is 0.200 e. The molecule has 0 saturated heterocycles. The zero-order valence-corrected chi connectivity index (χ0v) is 8.99. The van der Waals surface area contributed by atoms with Crippen LogP contribution in [-0.2, 0) is 0 Å². The Hall–Kier alpha value is -1.57. The molecule has 0 aliphatic rings. The highest BCUT2D eigenvalue weighted by Gasteiger charge is 2.26. The average Bonchev–Trinajstić information content (AvgIpc) is 2.77. The lowest BCUT2D eigenvalue weighted by Crippen LogP contribution is -2.04. The van der Waals surface area contributed by atoms with Gasteiger partial charge >= 0.3 is 0 Å². The maximum atomic E-state index is 13.2.